The Morgan fingerprint density at radius 1 is 1.36 bits per heavy atom. The summed E-state index contributed by atoms with van der Waals surface area (Å²) in [7, 11) is 0. The molecular weight excluding hydrogens is 362 g/mol. The average molecular weight is 391 g/mol. The third-order valence-corrected chi connectivity index (χ3v) is 4.48. The molecule has 0 aromatic heterocycles. The summed E-state index contributed by atoms with van der Waals surface area (Å²) in [6.07, 6.45) is 2.60. The van der Waals surface area contributed by atoms with Gasteiger partial charge in [0.1, 0.15) is 17.8 Å². The molecule has 0 bridgehead atoms. The quantitative estimate of drug-likeness (QED) is 0.411. The maximum Gasteiger partial charge on any atom is 0.326 e. The lowest BCUT2D eigenvalue weighted by Crippen LogP contribution is -2.43. The number of nitrogens with one attached hydrogen (secondary N) is 1. The molecule has 8 nitrogen and oxygen atoms in total. The van der Waals surface area contributed by atoms with E-state index in [2.05, 4.69) is 5.32 Å². The first-order chi connectivity index (χ1) is 13.0. The fourth-order valence-corrected chi connectivity index (χ4v) is 2.71. The van der Waals surface area contributed by atoms with Gasteiger partial charge in [-0.1, -0.05) is 6.92 Å². The molecule has 0 spiro atoms. The first-order valence-electron chi connectivity index (χ1n) is 9.59. The van der Waals surface area contributed by atoms with Gasteiger partial charge in [-0.2, -0.15) is 0 Å². The second-order valence-corrected chi connectivity index (χ2v) is 8.18. The highest BCUT2D eigenvalue weighted by Gasteiger charge is 2.29. The Hall–Kier alpha value is -2.64. The summed E-state index contributed by atoms with van der Waals surface area (Å²) in [6.45, 7) is 8.81. The molecule has 1 N–H and O–H groups in total. The van der Waals surface area contributed by atoms with Crippen molar-refractivity contribution in [1.82, 2.24) is 4.90 Å². The van der Waals surface area contributed by atoms with E-state index in [9.17, 15) is 19.7 Å². The molecule has 0 aliphatic heterocycles. The Labute approximate surface area is 165 Å². The second-order valence-electron chi connectivity index (χ2n) is 8.18. The summed E-state index contributed by atoms with van der Waals surface area (Å²) in [6, 6.07) is 4.43. The fraction of sp³-hybridized carbons (Fsp3) is 0.600. The topological polar surface area (TPSA) is 102 Å². The SMILES string of the molecule is CC[C@H](C)N(CC(=O)OC(C)(C)C)C(=O)c1ccc(NC2CC2)c([N+](=O)[O-])c1. The van der Waals surface area contributed by atoms with Crippen LogP contribution < -0.4 is 5.32 Å². The van der Waals surface area contributed by atoms with E-state index >= 15 is 0 Å². The van der Waals surface area contributed by atoms with E-state index in [1.807, 2.05) is 13.8 Å². The highest BCUT2D eigenvalue weighted by atomic mass is 16.6. The number of carbonyl (C=O) groups excluding carboxylic acids is 2. The molecule has 1 aliphatic carbocycles. The van der Waals surface area contributed by atoms with E-state index in [1.165, 1.54) is 11.0 Å². The van der Waals surface area contributed by atoms with Crippen molar-refractivity contribution in [1.29, 1.82) is 0 Å². The van der Waals surface area contributed by atoms with Gasteiger partial charge < -0.3 is 15.0 Å². The Morgan fingerprint density at radius 2 is 2.00 bits per heavy atom. The van der Waals surface area contributed by atoms with Gasteiger partial charge >= 0.3 is 5.97 Å². The van der Waals surface area contributed by atoms with E-state index in [0.717, 1.165) is 12.8 Å². The van der Waals surface area contributed by atoms with Gasteiger partial charge in [-0.3, -0.25) is 19.7 Å². The predicted molar refractivity (Wildman–Crippen MR) is 106 cm³/mol. The van der Waals surface area contributed by atoms with Gasteiger partial charge in [-0.05, 0) is 59.1 Å². The zero-order chi connectivity index (χ0) is 21.1. The lowest BCUT2D eigenvalue weighted by Gasteiger charge is -2.29. The summed E-state index contributed by atoms with van der Waals surface area (Å²) in [4.78, 5) is 37.7. The Kier molecular flexibility index (Phi) is 6.64. The lowest BCUT2D eigenvalue weighted by molar-refractivity contribution is -0.384. The van der Waals surface area contributed by atoms with Gasteiger partial charge in [0.25, 0.3) is 11.6 Å². The van der Waals surface area contributed by atoms with Crippen molar-refractivity contribution >= 4 is 23.3 Å². The normalized spacial score (nSPS) is 14.9. The third-order valence-electron chi connectivity index (χ3n) is 4.48. The molecule has 1 fully saturated rings. The van der Waals surface area contributed by atoms with E-state index < -0.39 is 22.4 Å². The average Bonchev–Trinajstić information content (AvgIpc) is 3.41. The van der Waals surface area contributed by atoms with Crippen LogP contribution >= 0.6 is 0 Å². The molecule has 1 aliphatic rings. The zero-order valence-corrected chi connectivity index (χ0v) is 17.2. The van der Waals surface area contributed by atoms with Crippen molar-refractivity contribution in [2.45, 2.75) is 71.6 Å². The summed E-state index contributed by atoms with van der Waals surface area (Å²) in [5.74, 6) is -0.941. The van der Waals surface area contributed by atoms with Crippen LogP contribution in [0.1, 0.15) is 64.2 Å². The lowest BCUT2D eigenvalue weighted by atomic mass is 10.1. The van der Waals surface area contributed by atoms with Crippen LogP contribution in [0.3, 0.4) is 0 Å². The molecule has 1 amide bonds. The number of ether oxygens (including phenoxy) is 1. The molecule has 1 saturated carbocycles. The van der Waals surface area contributed by atoms with E-state index in [-0.39, 0.29) is 29.9 Å². The number of nitro benzene ring substituents is 1. The minimum atomic E-state index is -0.657. The minimum absolute atomic E-state index is 0.140. The molecule has 0 unspecified atom stereocenters. The van der Waals surface area contributed by atoms with Crippen LogP contribution in [0.4, 0.5) is 11.4 Å². The molecule has 0 radical (unpaired) electrons. The number of hydrogen-bond acceptors (Lipinski definition) is 6. The molecule has 1 aromatic carbocycles. The van der Waals surface area contributed by atoms with E-state index in [4.69, 9.17) is 4.74 Å². The standard InChI is InChI=1S/C20H29N3O5/c1-6-13(2)22(12-18(24)28-20(3,4)5)19(25)14-7-10-16(21-15-8-9-15)17(11-14)23(26)27/h7,10-11,13,15,21H,6,8-9,12H2,1-5H3/t13-/m0/s1. The molecule has 1 atom stereocenters. The highest BCUT2D eigenvalue weighted by Crippen LogP contribution is 2.32. The van der Waals surface area contributed by atoms with Crippen LogP contribution in [-0.2, 0) is 9.53 Å². The largest absolute Gasteiger partial charge is 0.459 e. The molecule has 0 saturated heterocycles. The number of benzene rings is 1. The van der Waals surface area contributed by atoms with E-state index in [0.29, 0.717) is 12.1 Å². The summed E-state index contributed by atoms with van der Waals surface area (Å²) < 4.78 is 5.33. The second kappa shape index (κ2) is 8.58. The minimum Gasteiger partial charge on any atom is -0.459 e. The van der Waals surface area contributed by atoms with Crippen LogP contribution in [0.15, 0.2) is 18.2 Å². The Bertz CT molecular complexity index is 753. The monoisotopic (exact) mass is 391 g/mol. The molecule has 0 heterocycles. The number of anilines is 1. The van der Waals surface area contributed by atoms with Crippen molar-refractivity contribution in [3.8, 4) is 0 Å². The molecule has 2 rings (SSSR count). The molecule has 1 aromatic rings. The van der Waals surface area contributed by atoms with Crippen molar-refractivity contribution in [3.05, 3.63) is 33.9 Å². The van der Waals surface area contributed by atoms with Crippen LogP contribution in [0.25, 0.3) is 0 Å². The van der Waals surface area contributed by atoms with Gasteiger partial charge in [0.05, 0.1) is 4.92 Å². The highest BCUT2D eigenvalue weighted by molar-refractivity contribution is 5.97. The number of carbonyl (C=O) groups is 2. The molecular formula is C20H29N3O5. The van der Waals surface area contributed by atoms with Crippen molar-refractivity contribution in [3.63, 3.8) is 0 Å². The summed E-state index contributed by atoms with van der Waals surface area (Å²) >= 11 is 0. The first-order valence-corrected chi connectivity index (χ1v) is 9.59. The van der Waals surface area contributed by atoms with Gasteiger partial charge in [-0.25, -0.2) is 0 Å². The van der Waals surface area contributed by atoms with Crippen LogP contribution in [0, 0.1) is 10.1 Å². The molecule has 28 heavy (non-hydrogen) atoms. The van der Waals surface area contributed by atoms with Crippen molar-refractivity contribution in [2.24, 2.45) is 0 Å². The number of nitrogens with zero attached hydrogens (tertiary/aromatic N) is 2. The maximum absolute atomic E-state index is 13.0. The van der Waals surface area contributed by atoms with Crippen LogP contribution in [0.5, 0.6) is 0 Å². The maximum atomic E-state index is 13.0. The fourth-order valence-electron chi connectivity index (χ4n) is 2.71. The number of hydrogen-bond donors (Lipinski definition) is 1. The van der Waals surface area contributed by atoms with Gasteiger partial charge in [0.2, 0.25) is 0 Å². The first kappa shape index (κ1) is 21.7. The Morgan fingerprint density at radius 3 is 2.50 bits per heavy atom. The number of esters is 1. The van der Waals surface area contributed by atoms with Crippen LogP contribution in [0.2, 0.25) is 0 Å². The van der Waals surface area contributed by atoms with Crippen molar-refractivity contribution < 1.29 is 19.2 Å². The van der Waals surface area contributed by atoms with Crippen molar-refractivity contribution in [2.75, 3.05) is 11.9 Å². The summed E-state index contributed by atoms with van der Waals surface area (Å²) in [5, 5.41) is 14.6. The predicted octanol–water partition coefficient (Wildman–Crippen LogP) is 3.75. The number of rotatable bonds is 8. The van der Waals surface area contributed by atoms with Gasteiger partial charge in [0, 0.05) is 23.7 Å². The molecule has 8 heteroatoms. The van der Waals surface area contributed by atoms with E-state index in [1.54, 1.807) is 32.9 Å². The van der Waals surface area contributed by atoms with Crippen LogP contribution in [-0.4, -0.2) is 45.9 Å². The smallest absolute Gasteiger partial charge is 0.326 e. The number of amides is 1. The molecule has 154 valence electrons. The zero-order valence-electron chi connectivity index (χ0n) is 17.2. The summed E-state index contributed by atoms with van der Waals surface area (Å²) in [5.41, 5.74) is -0.210. The Balaban J connectivity index is 2.26. The van der Waals surface area contributed by atoms with Gasteiger partial charge in [-0.15, -0.1) is 0 Å². The third kappa shape index (κ3) is 5.94. The number of nitro groups is 1. The van der Waals surface area contributed by atoms with Gasteiger partial charge in [0.15, 0.2) is 0 Å².